The van der Waals surface area contributed by atoms with E-state index >= 15 is 0 Å². The predicted octanol–water partition coefficient (Wildman–Crippen LogP) is 4.28. The zero-order valence-electron chi connectivity index (χ0n) is 19.0. The van der Waals surface area contributed by atoms with Gasteiger partial charge in [0.15, 0.2) is 0 Å². The molecule has 2 unspecified atom stereocenters. The van der Waals surface area contributed by atoms with Crippen LogP contribution in [-0.4, -0.2) is 23.6 Å². The topological polar surface area (TPSA) is 87.4 Å². The van der Waals surface area contributed by atoms with Gasteiger partial charge in [-0.2, -0.15) is 0 Å². The van der Waals surface area contributed by atoms with Gasteiger partial charge in [-0.05, 0) is 96.8 Å². The SMILES string of the molecule is Cc1cc(O)cc(C)c1CC(N)C(=O)NC1CCNc2ccc(Cc3ccc(F)cc3)cc21. The van der Waals surface area contributed by atoms with Crippen molar-refractivity contribution in [1.82, 2.24) is 5.32 Å². The first-order valence-corrected chi connectivity index (χ1v) is 11.3. The largest absolute Gasteiger partial charge is 0.508 e. The van der Waals surface area contributed by atoms with Crippen LogP contribution in [0.3, 0.4) is 0 Å². The average Bonchev–Trinajstić information content (AvgIpc) is 2.78. The van der Waals surface area contributed by atoms with Crippen molar-refractivity contribution in [2.45, 2.75) is 45.2 Å². The number of nitrogens with two attached hydrogens (primary N) is 1. The smallest absolute Gasteiger partial charge is 0.237 e. The Balaban J connectivity index is 1.48. The van der Waals surface area contributed by atoms with Crippen LogP contribution >= 0.6 is 0 Å². The molecule has 0 fully saturated rings. The highest BCUT2D eigenvalue weighted by molar-refractivity contribution is 5.82. The Morgan fingerprint density at radius 1 is 1.12 bits per heavy atom. The Kier molecular flexibility index (Phi) is 6.65. The van der Waals surface area contributed by atoms with Crippen LogP contribution in [0.5, 0.6) is 5.75 Å². The molecule has 0 saturated heterocycles. The lowest BCUT2D eigenvalue weighted by atomic mass is 9.92. The quantitative estimate of drug-likeness (QED) is 0.454. The first-order chi connectivity index (χ1) is 15.8. The summed E-state index contributed by atoms with van der Waals surface area (Å²) < 4.78 is 13.2. The van der Waals surface area contributed by atoms with Crippen LogP contribution in [0.2, 0.25) is 0 Å². The van der Waals surface area contributed by atoms with E-state index in [9.17, 15) is 14.3 Å². The molecule has 0 radical (unpaired) electrons. The third kappa shape index (κ3) is 5.34. The third-order valence-electron chi connectivity index (χ3n) is 6.32. The fraction of sp³-hybridized carbons (Fsp3) is 0.296. The number of amides is 1. The molecule has 0 aromatic heterocycles. The summed E-state index contributed by atoms with van der Waals surface area (Å²) in [6.45, 7) is 4.59. The van der Waals surface area contributed by atoms with Crippen molar-refractivity contribution in [2.75, 3.05) is 11.9 Å². The van der Waals surface area contributed by atoms with Crippen LogP contribution in [0.15, 0.2) is 54.6 Å². The van der Waals surface area contributed by atoms with E-state index < -0.39 is 6.04 Å². The average molecular weight is 448 g/mol. The number of anilines is 1. The van der Waals surface area contributed by atoms with Crippen molar-refractivity contribution in [1.29, 1.82) is 0 Å². The van der Waals surface area contributed by atoms with Gasteiger partial charge in [-0.3, -0.25) is 4.79 Å². The zero-order valence-corrected chi connectivity index (χ0v) is 19.0. The van der Waals surface area contributed by atoms with Gasteiger partial charge in [-0.15, -0.1) is 0 Å². The molecule has 0 spiro atoms. The summed E-state index contributed by atoms with van der Waals surface area (Å²) in [6.07, 6.45) is 1.86. The van der Waals surface area contributed by atoms with Crippen molar-refractivity contribution in [2.24, 2.45) is 5.73 Å². The summed E-state index contributed by atoms with van der Waals surface area (Å²) in [5.74, 6) is -0.219. The molecule has 4 rings (SSSR count). The highest BCUT2D eigenvalue weighted by Gasteiger charge is 2.25. The van der Waals surface area contributed by atoms with Crippen molar-refractivity contribution < 1.29 is 14.3 Å². The fourth-order valence-electron chi connectivity index (χ4n) is 4.55. The first-order valence-electron chi connectivity index (χ1n) is 11.3. The van der Waals surface area contributed by atoms with Gasteiger partial charge in [-0.25, -0.2) is 4.39 Å². The molecule has 0 bridgehead atoms. The van der Waals surface area contributed by atoms with Gasteiger partial charge < -0.3 is 21.5 Å². The van der Waals surface area contributed by atoms with Crippen molar-refractivity contribution in [3.8, 4) is 5.75 Å². The molecule has 1 aliphatic rings. The standard InChI is InChI=1S/C27H30FN3O2/c1-16-11-21(32)12-17(2)22(16)15-24(29)27(33)31-26-9-10-30-25-8-5-19(14-23(25)26)13-18-3-6-20(28)7-4-18/h3-8,11-12,14,24,26,30,32H,9-10,13,15,29H2,1-2H3,(H,31,33). The van der Waals surface area contributed by atoms with E-state index in [2.05, 4.69) is 22.8 Å². The molecule has 3 aromatic carbocycles. The summed E-state index contributed by atoms with van der Waals surface area (Å²) in [5.41, 5.74) is 13.3. The molecule has 5 N–H and O–H groups in total. The summed E-state index contributed by atoms with van der Waals surface area (Å²) in [5, 5.41) is 16.3. The maximum atomic E-state index is 13.2. The minimum Gasteiger partial charge on any atom is -0.508 e. The summed E-state index contributed by atoms with van der Waals surface area (Å²) >= 11 is 0. The third-order valence-corrected chi connectivity index (χ3v) is 6.32. The molecule has 5 nitrogen and oxygen atoms in total. The van der Waals surface area contributed by atoms with Crippen LogP contribution < -0.4 is 16.4 Å². The highest BCUT2D eigenvalue weighted by Crippen LogP contribution is 2.31. The number of phenolic OH excluding ortho intramolecular Hbond substituents is 1. The van der Waals surface area contributed by atoms with Crippen molar-refractivity contribution in [3.63, 3.8) is 0 Å². The molecular formula is C27H30FN3O2. The molecule has 3 aromatic rings. The first kappa shape index (κ1) is 22.8. The van der Waals surface area contributed by atoms with Crippen LogP contribution in [0.1, 0.15) is 45.8 Å². The van der Waals surface area contributed by atoms with Gasteiger partial charge in [0.05, 0.1) is 12.1 Å². The molecule has 6 heteroatoms. The number of fused-ring (bicyclic) bond motifs is 1. The monoisotopic (exact) mass is 447 g/mol. The van der Waals surface area contributed by atoms with E-state index in [1.54, 1.807) is 24.3 Å². The summed E-state index contributed by atoms with van der Waals surface area (Å²) in [7, 11) is 0. The van der Waals surface area contributed by atoms with E-state index in [0.717, 1.165) is 52.0 Å². The molecule has 2 atom stereocenters. The van der Waals surface area contributed by atoms with Crippen molar-refractivity contribution >= 4 is 11.6 Å². The molecule has 172 valence electrons. The van der Waals surface area contributed by atoms with Crippen LogP contribution in [-0.2, 0) is 17.6 Å². The number of rotatable bonds is 6. The van der Waals surface area contributed by atoms with Crippen LogP contribution in [0, 0.1) is 19.7 Å². The number of hydrogen-bond acceptors (Lipinski definition) is 4. The van der Waals surface area contributed by atoms with Gasteiger partial charge in [-0.1, -0.05) is 24.3 Å². The van der Waals surface area contributed by atoms with Gasteiger partial charge in [0.25, 0.3) is 0 Å². The predicted molar refractivity (Wildman–Crippen MR) is 129 cm³/mol. The Morgan fingerprint density at radius 2 is 1.79 bits per heavy atom. The molecular weight excluding hydrogens is 417 g/mol. The molecule has 0 saturated carbocycles. The Bertz CT molecular complexity index is 1140. The lowest BCUT2D eigenvalue weighted by Crippen LogP contribution is -2.44. The molecule has 33 heavy (non-hydrogen) atoms. The number of hydrogen-bond donors (Lipinski definition) is 4. The maximum absolute atomic E-state index is 13.2. The maximum Gasteiger partial charge on any atom is 0.237 e. The van der Waals surface area contributed by atoms with Crippen molar-refractivity contribution in [3.05, 3.63) is 93.8 Å². The second kappa shape index (κ2) is 9.63. The fourth-order valence-corrected chi connectivity index (χ4v) is 4.55. The van der Waals surface area contributed by atoms with Gasteiger partial charge in [0.2, 0.25) is 5.91 Å². The highest BCUT2D eigenvalue weighted by atomic mass is 19.1. The van der Waals surface area contributed by atoms with Crippen LogP contribution in [0.4, 0.5) is 10.1 Å². The van der Waals surface area contributed by atoms with E-state index in [0.29, 0.717) is 12.8 Å². The normalized spacial score (nSPS) is 15.9. The molecule has 0 aliphatic carbocycles. The summed E-state index contributed by atoms with van der Waals surface area (Å²) in [6, 6.07) is 15.3. The molecule has 1 aliphatic heterocycles. The Labute approximate surface area is 193 Å². The number of aromatic hydroxyl groups is 1. The van der Waals surface area contributed by atoms with E-state index in [-0.39, 0.29) is 23.5 Å². The number of carbonyl (C=O) groups is 1. The zero-order chi connectivity index (χ0) is 23.5. The number of benzene rings is 3. The Morgan fingerprint density at radius 3 is 2.48 bits per heavy atom. The minimum absolute atomic E-state index is 0.130. The number of aryl methyl sites for hydroxylation is 2. The second-order valence-corrected chi connectivity index (χ2v) is 8.87. The van der Waals surface area contributed by atoms with E-state index in [1.165, 1.54) is 12.1 Å². The van der Waals surface area contributed by atoms with Crippen LogP contribution in [0.25, 0.3) is 0 Å². The number of halogens is 1. The Hall–Kier alpha value is -3.38. The number of nitrogens with one attached hydrogen (secondary N) is 2. The minimum atomic E-state index is -0.687. The van der Waals surface area contributed by atoms with Gasteiger partial charge in [0.1, 0.15) is 11.6 Å². The molecule has 1 amide bonds. The van der Waals surface area contributed by atoms with Gasteiger partial charge in [0, 0.05) is 12.2 Å². The number of carbonyl (C=O) groups excluding carboxylic acids is 1. The van der Waals surface area contributed by atoms with E-state index in [1.807, 2.05) is 19.9 Å². The molecule has 1 heterocycles. The summed E-state index contributed by atoms with van der Waals surface area (Å²) in [4.78, 5) is 13.0. The van der Waals surface area contributed by atoms with Gasteiger partial charge >= 0.3 is 0 Å². The lowest BCUT2D eigenvalue weighted by Gasteiger charge is -2.29. The number of phenols is 1. The lowest BCUT2D eigenvalue weighted by molar-refractivity contribution is -0.123. The van der Waals surface area contributed by atoms with E-state index in [4.69, 9.17) is 5.73 Å². The second-order valence-electron chi connectivity index (χ2n) is 8.87.